The monoisotopic (exact) mass is 454 g/mol. The average molecular weight is 455 g/mol. The van der Waals surface area contributed by atoms with Gasteiger partial charge in [-0.15, -0.1) is 6.58 Å². The molecule has 0 saturated heterocycles. The van der Waals surface area contributed by atoms with Crippen LogP contribution in [0.15, 0.2) is 78.9 Å². The molecule has 3 rings (SSSR count). The molecule has 0 bridgehead atoms. The topological polar surface area (TPSA) is 0 Å². The lowest BCUT2D eigenvalue weighted by Crippen LogP contribution is -1.92. The average Bonchev–Trinajstić information content (AvgIpc) is 2.83. The molecule has 182 valence electrons. The predicted octanol–water partition coefficient (Wildman–Crippen LogP) is 10.2. The Morgan fingerprint density at radius 2 is 1.21 bits per heavy atom. The standard InChI is InChI=1S/C28H34.C6H12/c1-4-24-15-17-25(18-16-24)12-7-5-6-8-13-26-19-20-28(23(3)21-26)27-14-10-9-11-22(27)2;1-4-5-6(2)3/h9-11,14-21H,4-8,12-13H2,1-3H3;2,4-5H2,1,3H3. The molecule has 0 nitrogen and oxygen atoms in total. The molecule has 0 heterocycles. The summed E-state index contributed by atoms with van der Waals surface area (Å²) in [6.45, 7) is 14.6. The van der Waals surface area contributed by atoms with E-state index >= 15 is 0 Å². The molecular weight excluding hydrogens is 408 g/mol. The normalized spacial score (nSPS) is 10.5. The lowest BCUT2D eigenvalue weighted by molar-refractivity contribution is 0.640. The molecule has 34 heavy (non-hydrogen) atoms. The highest BCUT2D eigenvalue weighted by Crippen LogP contribution is 2.27. The molecule has 0 amide bonds. The van der Waals surface area contributed by atoms with Crippen molar-refractivity contribution in [2.45, 2.75) is 92.4 Å². The highest BCUT2D eigenvalue weighted by atomic mass is 14.1. The Hall–Kier alpha value is -2.60. The zero-order valence-electron chi connectivity index (χ0n) is 22.4. The number of unbranched alkanes of at least 4 members (excludes halogenated alkanes) is 3. The van der Waals surface area contributed by atoms with Crippen molar-refractivity contribution in [3.05, 3.63) is 107 Å². The van der Waals surface area contributed by atoms with Crippen LogP contribution >= 0.6 is 0 Å². The van der Waals surface area contributed by atoms with Crippen LogP contribution in [0.2, 0.25) is 0 Å². The maximum atomic E-state index is 3.74. The third kappa shape index (κ3) is 9.72. The molecule has 0 atom stereocenters. The van der Waals surface area contributed by atoms with Gasteiger partial charge in [-0.25, -0.2) is 0 Å². The van der Waals surface area contributed by atoms with Crippen LogP contribution in [0, 0.1) is 13.8 Å². The van der Waals surface area contributed by atoms with E-state index in [-0.39, 0.29) is 0 Å². The second-order valence-electron chi connectivity index (χ2n) is 9.76. The fraction of sp³-hybridized carbons (Fsp3) is 0.412. The Morgan fingerprint density at radius 3 is 1.74 bits per heavy atom. The van der Waals surface area contributed by atoms with Crippen LogP contribution in [0.1, 0.15) is 87.1 Å². The van der Waals surface area contributed by atoms with E-state index in [1.807, 2.05) is 0 Å². The predicted molar refractivity (Wildman–Crippen MR) is 153 cm³/mol. The van der Waals surface area contributed by atoms with Gasteiger partial charge in [0.25, 0.3) is 0 Å². The van der Waals surface area contributed by atoms with Crippen molar-refractivity contribution < 1.29 is 0 Å². The van der Waals surface area contributed by atoms with Crippen LogP contribution in [-0.4, -0.2) is 0 Å². The molecule has 0 aliphatic carbocycles. The van der Waals surface area contributed by atoms with Crippen molar-refractivity contribution in [2.75, 3.05) is 0 Å². The van der Waals surface area contributed by atoms with Crippen LogP contribution in [0.3, 0.4) is 0 Å². The van der Waals surface area contributed by atoms with Crippen molar-refractivity contribution in [1.82, 2.24) is 0 Å². The maximum absolute atomic E-state index is 3.74. The zero-order valence-corrected chi connectivity index (χ0v) is 22.4. The summed E-state index contributed by atoms with van der Waals surface area (Å²) < 4.78 is 0. The minimum atomic E-state index is 1.13. The van der Waals surface area contributed by atoms with Gasteiger partial charge in [0.05, 0.1) is 0 Å². The molecule has 0 N–H and O–H groups in total. The molecular formula is C34H46. The minimum absolute atomic E-state index is 1.13. The molecule has 0 saturated carbocycles. The molecule has 0 unspecified atom stereocenters. The summed E-state index contributed by atoms with van der Waals surface area (Å²) in [6, 6.07) is 24.9. The number of hydrogen-bond donors (Lipinski definition) is 0. The van der Waals surface area contributed by atoms with Gasteiger partial charge in [-0.2, -0.15) is 0 Å². The summed E-state index contributed by atoms with van der Waals surface area (Å²) in [5.74, 6) is 0. The molecule has 0 aromatic heterocycles. The molecule has 0 spiro atoms. The third-order valence-corrected chi connectivity index (χ3v) is 6.51. The maximum Gasteiger partial charge on any atom is -0.0152 e. The molecule has 0 aliphatic rings. The SMILES string of the molecule is C=C(C)CCC.CCc1ccc(CCCCCCc2ccc(-c3ccccc3C)c(C)c2)cc1. The Kier molecular flexibility index (Phi) is 12.5. The van der Waals surface area contributed by atoms with Gasteiger partial charge in [-0.1, -0.05) is 105 Å². The Bertz CT molecular complexity index is 991. The van der Waals surface area contributed by atoms with E-state index in [9.17, 15) is 0 Å². The Balaban J connectivity index is 0.000000604. The van der Waals surface area contributed by atoms with Crippen molar-refractivity contribution >= 4 is 0 Å². The number of rotatable bonds is 11. The van der Waals surface area contributed by atoms with Gasteiger partial charge in [-0.05, 0) is 98.2 Å². The molecule has 0 aliphatic heterocycles. The van der Waals surface area contributed by atoms with Gasteiger partial charge >= 0.3 is 0 Å². The van der Waals surface area contributed by atoms with Crippen LogP contribution in [0.5, 0.6) is 0 Å². The van der Waals surface area contributed by atoms with Gasteiger partial charge in [0, 0.05) is 0 Å². The van der Waals surface area contributed by atoms with E-state index in [4.69, 9.17) is 0 Å². The quantitative estimate of drug-likeness (QED) is 0.200. The first-order valence-corrected chi connectivity index (χ1v) is 13.3. The summed E-state index contributed by atoms with van der Waals surface area (Å²) in [5, 5.41) is 0. The summed E-state index contributed by atoms with van der Waals surface area (Å²) in [5.41, 5.74) is 11.2. The van der Waals surface area contributed by atoms with Crippen molar-refractivity contribution in [1.29, 1.82) is 0 Å². The fourth-order valence-electron chi connectivity index (χ4n) is 4.44. The van der Waals surface area contributed by atoms with E-state index in [1.165, 1.54) is 95.9 Å². The first kappa shape index (κ1) is 27.6. The van der Waals surface area contributed by atoms with Crippen molar-refractivity contribution in [2.24, 2.45) is 0 Å². The van der Waals surface area contributed by atoms with Crippen LogP contribution in [-0.2, 0) is 19.3 Å². The largest absolute Gasteiger partial charge is 0.100 e. The molecule has 0 radical (unpaired) electrons. The van der Waals surface area contributed by atoms with Gasteiger partial charge in [0.1, 0.15) is 0 Å². The van der Waals surface area contributed by atoms with Crippen LogP contribution in [0.25, 0.3) is 11.1 Å². The Morgan fingerprint density at radius 1 is 0.647 bits per heavy atom. The molecule has 0 heteroatoms. The lowest BCUT2D eigenvalue weighted by atomic mass is 9.94. The van der Waals surface area contributed by atoms with Gasteiger partial charge < -0.3 is 0 Å². The Labute approximate surface area is 210 Å². The summed E-state index contributed by atoms with van der Waals surface area (Å²) in [4.78, 5) is 0. The summed E-state index contributed by atoms with van der Waals surface area (Å²) in [6.07, 6.45) is 11.2. The van der Waals surface area contributed by atoms with Gasteiger partial charge in [0.15, 0.2) is 0 Å². The van der Waals surface area contributed by atoms with E-state index in [0.717, 1.165) is 6.42 Å². The first-order chi connectivity index (χ1) is 16.4. The zero-order chi connectivity index (χ0) is 24.8. The number of allylic oxidation sites excluding steroid dienone is 1. The number of benzene rings is 3. The van der Waals surface area contributed by atoms with Crippen LogP contribution in [0.4, 0.5) is 0 Å². The number of aryl methyl sites for hydroxylation is 5. The molecule has 3 aromatic carbocycles. The summed E-state index contributed by atoms with van der Waals surface area (Å²) in [7, 11) is 0. The van der Waals surface area contributed by atoms with Crippen LogP contribution < -0.4 is 0 Å². The highest BCUT2D eigenvalue weighted by molar-refractivity contribution is 5.70. The van der Waals surface area contributed by atoms with Crippen molar-refractivity contribution in [3.63, 3.8) is 0 Å². The molecule has 3 aromatic rings. The van der Waals surface area contributed by atoms with E-state index in [1.54, 1.807) is 0 Å². The third-order valence-electron chi connectivity index (χ3n) is 6.51. The van der Waals surface area contributed by atoms with E-state index in [2.05, 4.69) is 108 Å². The fourth-order valence-corrected chi connectivity index (χ4v) is 4.44. The first-order valence-electron chi connectivity index (χ1n) is 13.3. The highest BCUT2D eigenvalue weighted by Gasteiger charge is 2.05. The van der Waals surface area contributed by atoms with E-state index in [0.29, 0.717) is 0 Å². The summed E-state index contributed by atoms with van der Waals surface area (Å²) >= 11 is 0. The second-order valence-corrected chi connectivity index (χ2v) is 9.76. The van der Waals surface area contributed by atoms with Gasteiger partial charge in [0.2, 0.25) is 0 Å². The smallest absolute Gasteiger partial charge is 0.0152 e. The minimum Gasteiger partial charge on any atom is -0.100 e. The number of hydrogen-bond acceptors (Lipinski definition) is 0. The van der Waals surface area contributed by atoms with Crippen molar-refractivity contribution in [3.8, 4) is 11.1 Å². The van der Waals surface area contributed by atoms with E-state index < -0.39 is 0 Å². The lowest BCUT2D eigenvalue weighted by Gasteiger charge is -2.11. The van der Waals surface area contributed by atoms with Gasteiger partial charge in [-0.3, -0.25) is 0 Å². The second kappa shape index (κ2) is 15.3. The molecule has 0 fully saturated rings.